The average molecular weight is 282 g/mol. The van der Waals surface area contributed by atoms with Gasteiger partial charge in [-0.15, -0.1) is 0 Å². The molecular formula is C16H26O4. The lowest BCUT2D eigenvalue weighted by molar-refractivity contribution is -0.175. The third-order valence-electron chi connectivity index (χ3n) is 6.56. The van der Waals surface area contributed by atoms with Crippen molar-refractivity contribution in [3.63, 3.8) is 0 Å². The molecule has 2 N–H and O–H groups in total. The molecule has 1 spiro atoms. The first kappa shape index (κ1) is 14.5. The van der Waals surface area contributed by atoms with Crippen LogP contribution in [0.2, 0.25) is 0 Å². The van der Waals surface area contributed by atoms with Gasteiger partial charge in [-0.3, -0.25) is 0 Å². The van der Waals surface area contributed by atoms with Crippen LogP contribution in [0.4, 0.5) is 0 Å². The van der Waals surface area contributed by atoms with E-state index in [9.17, 15) is 10.2 Å². The highest BCUT2D eigenvalue weighted by Gasteiger charge is 2.69. The van der Waals surface area contributed by atoms with Gasteiger partial charge in [0.2, 0.25) is 0 Å². The molecule has 3 aliphatic rings. The van der Waals surface area contributed by atoms with Crippen LogP contribution in [0, 0.1) is 22.7 Å². The smallest absolute Gasteiger partial charge is 0.169 e. The molecule has 2 aliphatic carbocycles. The number of fused-ring (bicyclic) bond motifs is 1. The second-order valence-corrected chi connectivity index (χ2v) is 7.15. The Morgan fingerprint density at radius 3 is 2.65 bits per heavy atom. The highest BCUT2D eigenvalue weighted by molar-refractivity contribution is 5.28. The van der Waals surface area contributed by atoms with E-state index in [1.165, 1.54) is 0 Å². The second-order valence-electron chi connectivity index (χ2n) is 7.15. The van der Waals surface area contributed by atoms with Crippen molar-refractivity contribution >= 4 is 0 Å². The second kappa shape index (κ2) is 4.54. The van der Waals surface area contributed by atoms with Gasteiger partial charge in [0, 0.05) is 12.5 Å². The van der Waals surface area contributed by atoms with Crippen LogP contribution in [-0.2, 0) is 9.47 Å². The van der Waals surface area contributed by atoms with Crippen molar-refractivity contribution in [2.75, 3.05) is 13.7 Å². The molecule has 0 amide bonds. The third kappa shape index (κ3) is 1.51. The van der Waals surface area contributed by atoms with Gasteiger partial charge in [0.05, 0.1) is 24.2 Å². The lowest BCUT2D eigenvalue weighted by Crippen LogP contribution is -2.51. The SMILES string of the molecule is C=C1CO[C@@H](OC)[C@]12C[C@@H]1[C@@H](O)CC[C@@H](C)[C@]1(C)[C@H]2O. The predicted octanol–water partition coefficient (Wildman–Crippen LogP) is 1.71. The van der Waals surface area contributed by atoms with Gasteiger partial charge in [-0.05, 0) is 36.7 Å². The molecule has 1 heterocycles. The van der Waals surface area contributed by atoms with Crippen LogP contribution in [0.25, 0.3) is 0 Å². The first-order valence-corrected chi connectivity index (χ1v) is 7.57. The molecule has 1 aliphatic heterocycles. The van der Waals surface area contributed by atoms with Crippen LogP contribution >= 0.6 is 0 Å². The largest absolute Gasteiger partial charge is 0.393 e. The Morgan fingerprint density at radius 2 is 2.05 bits per heavy atom. The molecule has 20 heavy (non-hydrogen) atoms. The summed E-state index contributed by atoms with van der Waals surface area (Å²) in [7, 11) is 1.61. The summed E-state index contributed by atoms with van der Waals surface area (Å²) in [5.74, 6) is 0.452. The highest BCUT2D eigenvalue weighted by atomic mass is 16.7. The first-order valence-electron chi connectivity index (χ1n) is 7.57. The number of hydrogen-bond acceptors (Lipinski definition) is 4. The third-order valence-corrected chi connectivity index (χ3v) is 6.56. The lowest BCUT2D eigenvalue weighted by atomic mass is 9.60. The average Bonchev–Trinajstić information content (AvgIpc) is 2.87. The van der Waals surface area contributed by atoms with Gasteiger partial charge >= 0.3 is 0 Å². The molecule has 1 saturated heterocycles. The molecule has 0 radical (unpaired) electrons. The molecule has 4 nitrogen and oxygen atoms in total. The quantitative estimate of drug-likeness (QED) is 0.719. The van der Waals surface area contributed by atoms with Crippen molar-refractivity contribution in [1.82, 2.24) is 0 Å². The minimum absolute atomic E-state index is 0.0809. The minimum Gasteiger partial charge on any atom is -0.393 e. The van der Waals surface area contributed by atoms with E-state index in [0.717, 1.165) is 18.4 Å². The van der Waals surface area contributed by atoms with Crippen LogP contribution in [-0.4, -0.2) is 42.4 Å². The molecule has 0 aromatic heterocycles. The predicted molar refractivity (Wildman–Crippen MR) is 74.9 cm³/mol. The maximum Gasteiger partial charge on any atom is 0.169 e. The summed E-state index contributed by atoms with van der Waals surface area (Å²) >= 11 is 0. The van der Waals surface area contributed by atoms with E-state index in [0.29, 0.717) is 18.9 Å². The monoisotopic (exact) mass is 282 g/mol. The van der Waals surface area contributed by atoms with E-state index >= 15 is 0 Å². The van der Waals surface area contributed by atoms with E-state index in [1.54, 1.807) is 7.11 Å². The fourth-order valence-electron chi connectivity index (χ4n) is 5.04. The molecule has 2 saturated carbocycles. The number of methoxy groups -OCH3 is 1. The Bertz CT molecular complexity index is 423. The molecule has 7 atom stereocenters. The summed E-state index contributed by atoms with van der Waals surface area (Å²) in [6, 6.07) is 0. The Hall–Kier alpha value is -0.420. The maximum atomic E-state index is 11.2. The zero-order valence-electron chi connectivity index (χ0n) is 12.6. The van der Waals surface area contributed by atoms with Gasteiger partial charge in [-0.25, -0.2) is 0 Å². The fraction of sp³-hybridized carbons (Fsp3) is 0.875. The number of rotatable bonds is 1. The molecule has 4 heteroatoms. The van der Waals surface area contributed by atoms with Crippen molar-refractivity contribution < 1.29 is 19.7 Å². The van der Waals surface area contributed by atoms with Crippen molar-refractivity contribution in [3.8, 4) is 0 Å². The van der Waals surface area contributed by atoms with Gasteiger partial charge in [0.25, 0.3) is 0 Å². The Balaban J connectivity index is 2.06. The number of hydrogen-bond donors (Lipinski definition) is 2. The summed E-state index contributed by atoms with van der Waals surface area (Å²) in [6.45, 7) is 8.86. The van der Waals surface area contributed by atoms with E-state index in [-0.39, 0.29) is 17.4 Å². The first-order chi connectivity index (χ1) is 9.38. The zero-order valence-corrected chi connectivity index (χ0v) is 12.6. The molecule has 0 aromatic carbocycles. The van der Waals surface area contributed by atoms with Gasteiger partial charge in [0.1, 0.15) is 0 Å². The van der Waals surface area contributed by atoms with Crippen molar-refractivity contribution in [2.24, 2.45) is 22.7 Å². The van der Waals surface area contributed by atoms with Crippen molar-refractivity contribution in [2.45, 2.75) is 51.6 Å². The fourth-order valence-corrected chi connectivity index (χ4v) is 5.04. The van der Waals surface area contributed by atoms with Gasteiger partial charge in [-0.2, -0.15) is 0 Å². The maximum absolute atomic E-state index is 11.2. The van der Waals surface area contributed by atoms with E-state index in [1.807, 2.05) is 0 Å². The normalized spacial score (nSPS) is 55.5. The summed E-state index contributed by atoms with van der Waals surface area (Å²) < 4.78 is 11.2. The molecule has 3 rings (SSSR count). The van der Waals surface area contributed by atoms with Crippen LogP contribution in [0.3, 0.4) is 0 Å². The van der Waals surface area contributed by atoms with Crippen molar-refractivity contribution in [3.05, 3.63) is 12.2 Å². The summed E-state index contributed by atoms with van der Waals surface area (Å²) in [4.78, 5) is 0. The summed E-state index contributed by atoms with van der Waals surface area (Å²) in [5.41, 5.74) is 0.0469. The summed E-state index contributed by atoms with van der Waals surface area (Å²) in [5, 5.41) is 21.6. The topological polar surface area (TPSA) is 58.9 Å². The Kier molecular flexibility index (Phi) is 3.29. The number of aliphatic hydroxyl groups is 2. The molecular weight excluding hydrogens is 256 g/mol. The van der Waals surface area contributed by atoms with Gasteiger partial charge < -0.3 is 19.7 Å². The zero-order chi connectivity index (χ0) is 14.7. The Morgan fingerprint density at radius 1 is 1.35 bits per heavy atom. The summed E-state index contributed by atoms with van der Waals surface area (Å²) in [6.07, 6.45) is 1.09. The number of aliphatic hydroxyl groups excluding tert-OH is 2. The van der Waals surface area contributed by atoms with Gasteiger partial charge in [-0.1, -0.05) is 20.4 Å². The minimum atomic E-state index is -0.579. The van der Waals surface area contributed by atoms with Crippen molar-refractivity contribution in [1.29, 1.82) is 0 Å². The van der Waals surface area contributed by atoms with Crippen LogP contribution < -0.4 is 0 Å². The molecule has 0 unspecified atom stereocenters. The molecule has 114 valence electrons. The van der Waals surface area contributed by atoms with Crippen LogP contribution in [0.5, 0.6) is 0 Å². The highest BCUT2D eigenvalue weighted by Crippen LogP contribution is 2.66. The van der Waals surface area contributed by atoms with Gasteiger partial charge in [0.15, 0.2) is 6.29 Å². The molecule has 0 aromatic rings. The number of ether oxygens (including phenoxy) is 2. The molecule has 3 fully saturated rings. The molecule has 0 bridgehead atoms. The standard InChI is InChI=1S/C16H26O4/c1-9-5-6-12(17)11-7-16(13(18)15(9,11)3)10(2)8-20-14(16)19-4/h9,11-14,17-18H,2,5-8H2,1,3-4H3/t9-,11-,12+,13-,14-,15+,16-/m1/s1. The Labute approximate surface area is 120 Å². The lowest BCUT2D eigenvalue weighted by Gasteiger charge is -2.47. The van der Waals surface area contributed by atoms with E-state index < -0.39 is 17.8 Å². The van der Waals surface area contributed by atoms with E-state index in [4.69, 9.17) is 9.47 Å². The van der Waals surface area contributed by atoms with Crippen LogP contribution in [0.15, 0.2) is 12.2 Å². The van der Waals surface area contributed by atoms with E-state index in [2.05, 4.69) is 20.4 Å². The van der Waals surface area contributed by atoms with Crippen LogP contribution in [0.1, 0.15) is 33.1 Å².